The summed E-state index contributed by atoms with van der Waals surface area (Å²) in [6.07, 6.45) is 0. The lowest BCUT2D eigenvalue weighted by molar-refractivity contribution is 1.12. The summed E-state index contributed by atoms with van der Waals surface area (Å²) in [6.45, 7) is 10.1. The van der Waals surface area contributed by atoms with Gasteiger partial charge in [0.2, 0.25) is 0 Å². The molecule has 0 fully saturated rings. The Morgan fingerprint density at radius 1 is 1.21 bits per heavy atom. The first-order chi connectivity index (χ1) is 8.90. The van der Waals surface area contributed by atoms with E-state index in [1.807, 2.05) is 0 Å². The van der Waals surface area contributed by atoms with Crippen LogP contribution < -0.4 is 5.43 Å². The Hall–Kier alpha value is -1.18. The van der Waals surface area contributed by atoms with Gasteiger partial charge >= 0.3 is 0 Å². The van der Waals surface area contributed by atoms with Gasteiger partial charge in [-0.3, -0.25) is 5.43 Å². The number of hydrogen-bond acceptors (Lipinski definition) is 4. The topological polar surface area (TPSA) is 48.2 Å². The molecule has 0 amide bonds. The van der Waals surface area contributed by atoms with Gasteiger partial charge in [0.1, 0.15) is 5.17 Å². The molecular formula is C14H18ClN3S. The van der Waals surface area contributed by atoms with Gasteiger partial charge in [-0.2, -0.15) is 10.4 Å². The molecule has 19 heavy (non-hydrogen) atoms. The lowest BCUT2D eigenvalue weighted by Crippen LogP contribution is -2.03. The lowest BCUT2D eigenvalue weighted by atomic mass is 9.98. The van der Waals surface area contributed by atoms with Gasteiger partial charge < -0.3 is 0 Å². The standard InChI is InChI=1S/C14H18ClN3S/c1-8-9(2)11(4)14(19-7-6-16)13(10(8)3)18-17-12(5)15/h18H,7H2,1-5H3/b17-12+. The van der Waals surface area contributed by atoms with Crippen LogP contribution in [0.2, 0.25) is 0 Å². The van der Waals surface area contributed by atoms with Crippen LogP contribution in [0.1, 0.15) is 29.2 Å². The quantitative estimate of drug-likeness (QED) is 0.505. The maximum Gasteiger partial charge on any atom is 0.123 e. The third-order valence-electron chi connectivity index (χ3n) is 3.23. The molecule has 0 aliphatic rings. The molecule has 0 aliphatic carbocycles. The number of anilines is 1. The van der Waals surface area contributed by atoms with E-state index in [0.29, 0.717) is 10.9 Å². The zero-order valence-corrected chi connectivity index (χ0v) is 13.5. The van der Waals surface area contributed by atoms with Crippen molar-refractivity contribution >= 4 is 34.2 Å². The Labute approximate surface area is 124 Å². The number of nitrogens with zero attached hydrogens (tertiary/aromatic N) is 2. The number of thioether (sulfide) groups is 1. The van der Waals surface area contributed by atoms with Crippen LogP contribution in [0.5, 0.6) is 0 Å². The number of hydrogen-bond donors (Lipinski definition) is 1. The molecule has 102 valence electrons. The second kappa shape index (κ2) is 6.83. The maximum atomic E-state index is 8.78. The van der Waals surface area contributed by atoms with Crippen molar-refractivity contribution in [3.8, 4) is 6.07 Å². The van der Waals surface area contributed by atoms with Crippen LogP contribution in [0.15, 0.2) is 10.00 Å². The average molecular weight is 296 g/mol. The third kappa shape index (κ3) is 3.65. The molecule has 0 aromatic heterocycles. The lowest BCUT2D eigenvalue weighted by Gasteiger charge is -2.19. The number of rotatable bonds is 4. The van der Waals surface area contributed by atoms with Gasteiger partial charge in [-0.25, -0.2) is 0 Å². The maximum absolute atomic E-state index is 8.78. The van der Waals surface area contributed by atoms with E-state index in [1.165, 1.54) is 28.5 Å². The Bertz CT molecular complexity index is 555. The summed E-state index contributed by atoms with van der Waals surface area (Å²) in [5.41, 5.74) is 8.80. The molecule has 1 N–H and O–H groups in total. The number of nitrogens with one attached hydrogen (secondary N) is 1. The molecule has 0 radical (unpaired) electrons. The SMILES string of the molecule is C/C(Cl)=N\Nc1c(C)c(C)c(C)c(C)c1SCC#N. The summed E-state index contributed by atoms with van der Waals surface area (Å²) < 4.78 is 0. The summed E-state index contributed by atoms with van der Waals surface area (Å²) in [7, 11) is 0. The first-order valence-corrected chi connectivity index (χ1v) is 7.32. The fourth-order valence-corrected chi connectivity index (χ4v) is 2.79. The van der Waals surface area contributed by atoms with Gasteiger partial charge in [0.25, 0.3) is 0 Å². The molecule has 0 unspecified atom stereocenters. The van der Waals surface area contributed by atoms with Crippen LogP contribution in [0.25, 0.3) is 0 Å². The number of benzene rings is 1. The van der Waals surface area contributed by atoms with Gasteiger partial charge in [0, 0.05) is 4.90 Å². The highest BCUT2D eigenvalue weighted by Gasteiger charge is 2.15. The summed E-state index contributed by atoms with van der Waals surface area (Å²) in [5.74, 6) is 0.418. The highest BCUT2D eigenvalue weighted by molar-refractivity contribution is 7.99. The molecule has 0 spiro atoms. The monoisotopic (exact) mass is 295 g/mol. The Morgan fingerprint density at radius 2 is 1.79 bits per heavy atom. The van der Waals surface area contributed by atoms with Crippen molar-refractivity contribution in [2.24, 2.45) is 5.10 Å². The van der Waals surface area contributed by atoms with Gasteiger partial charge in [-0.15, -0.1) is 11.8 Å². The van der Waals surface area contributed by atoms with Crippen LogP contribution in [-0.2, 0) is 0 Å². The van der Waals surface area contributed by atoms with E-state index in [1.54, 1.807) is 6.92 Å². The zero-order chi connectivity index (χ0) is 14.6. The molecule has 0 bridgehead atoms. The first-order valence-electron chi connectivity index (χ1n) is 5.96. The smallest absolute Gasteiger partial charge is 0.123 e. The Kier molecular flexibility index (Phi) is 5.71. The molecule has 1 aromatic rings. The van der Waals surface area contributed by atoms with Crippen molar-refractivity contribution in [3.05, 3.63) is 22.3 Å². The van der Waals surface area contributed by atoms with E-state index in [2.05, 4.69) is 44.3 Å². The van der Waals surface area contributed by atoms with Crippen molar-refractivity contribution in [1.29, 1.82) is 5.26 Å². The predicted octanol–water partition coefficient (Wildman–Crippen LogP) is 4.52. The minimum Gasteiger partial charge on any atom is -0.276 e. The zero-order valence-electron chi connectivity index (χ0n) is 11.9. The van der Waals surface area contributed by atoms with E-state index in [-0.39, 0.29) is 0 Å². The van der Waals surface area contributed by atoms with E-state index in [9.17, 15) is 0 Å². The molecule has 5 heteroatoms. The van der Waals surface area contributed by atoms with Crippen molar-refractivity contribution in [1.82, 2.24) is 0 Å². The number of nitriles is 1. The number of halogens is 1. The Morgan fingerprint density at radius 3 is 2.32 bits per heavy atom. The normalized spacial score (nSPS) is 11.3. The van der Waals surface area contributed by atoms with Gasteiger partial charge in [0.05, 0.1) is 17.5 Å². The fourth-order valence-electron chi connectivity index (χ4n) is 1.83. The van der Waals surface area contributed by atoms with Gasteiger partial charge in [-0.05, 0) is 56.9 Å². The van der Waals surface area contributed by atoms with E-state index < -0.39 is 0 Å². The van der Waals surface area contributed by atoms with Gasteiger partial charge in [0.15, 0.2) is 0 Å². The van der Waals surface area contributed by atoms with E-state index in [4.69, 9.17) is 16.9 Å². The largest absolute Gasteiger partial charge is 0.276 e. The molecule has 0 heterocycles. The molecule has 3 nitrogen and oxygen atoms in total. The molecule has 0 atom stereocenters. The number of hydrazone groups is 1. The van der Waals surface area contributed by atoms with Crippen LogP contribution in [0.4, 0.5) is 5.69 Å². The van der Waals surface area contributed by atoms with Crippen LogP contribution >= 0.6 is 23.4 Å². The van der Waals surface area contributed by atoms with Crippen molar-refractivity contribution < 1.29 is 0 Å². The average Bonchev–Trinajstić information content (AvgIpc) is 2.37. The van der Waals surface area contributed by atoms with Crippen molar-refractivity contribution in [2.45, 2.75) is 39.5 Å². The van der Waals surface area contributed by atoms with Crippen molar-refractivity contribution in [2.75, 3.05) is 11.2 Å². The summed E-state index contributed by atoms with van der Waals surface area (Å²) in [5, 5.41) is 13.3. The van der Waals surface area contributed by atoms with Crippen molar-refractivity contribution in [3.63, 3.8) is 0 Å². The first kappa shape index (κ1) is 15.9. The van der Waals surface area contributed by atoms with Crippen LogP contribution in [0, 0.1) is 39.0 Å². The van der Waals surface area contributed by atoms with Gasteiger partial charge in [-0.1, -0.05) is 11.6 Å². The molecule has 1 aromatic carbocycles. The van der Waals surface area contributed by atoms with E-state index in [0.717, 1.165) is 16.1 Å². The highest BCUT2D eigenvalue weighted by atomic mass is 35.5. The van der Waals surface area contributed by atoms with Crippen LogP contribution in [-0.4, -0.2) is 10.9 Å². The second-order valence-corrected chi connectivity index (χ2v) is 5.90. The third-order valence-corrected chi connectivity index (χ3v) is 4.39. The van der Waals surface area contributed by atoms with Crippen LogP contribution in [0.3, 0.4) is 0 Å². The molecule has 0 saturated heterocycles. The minimum atomic E-state index is 0.418. The molecular weight excluding hydrogens is 278 g/mol. The highest BCUT2D eigenvalue weighted by Crippen LogP contribution is 2.37. The molecule has 0 saturated carbocycles. The summed E-state index contributed by atoms with van der Waals surface area (Å²) in [6, 6.07) is 2.16. The fraction of sp³-hybridized carbons (Fsp3) is 0.429. The molecule has 0 aliphatic heterocycles. The van der Waals surface area contributed by atoms with E-state index >= 15 is 0 Å². The summed E-state index contributed by atoms with van der Waals surface area (Å²) in [4.78, 5) is 1.07. The second-order valence-electron chi connectivity index (χ2n) is 4.37. The summed E-state index contributed by atoms with van der Waals surface area (Å²) >= 11 is 7.30. The predicted molar refractivity (Wildman–Crippen MR) is 84.3 cm³/mol. The minimum absolute atomic E-state index is 0.418. The Balaban J connectivity index is 3.39. The molecule has 1 rings (SSSR count).